The molecule has 0 radical (unpaired) electrons. The van der Waals surface area contributed by atoms with Crippen LogP contribution in [0.3, 0.4) is 0 Å². The van der Waals surface area contributed by atoms with Crippen molar-refractivity contribution in [2.24, 2.45) is 0 Å². The SMILES string of the molecule is CCC(CC)(CCCCS)O[SiH3]. The van der Waals surface area contributed by atoms with Crippen LogP contribution in [0.1, 0.15) is 46.0 Å². The maximum Gasteiger partial charge on any atom is 0.146 e. The van der Waals surface area contributed by atoms with Gasteiger partial charge in [0.2, 0.25) is 0 Å². The summed E-state index contributed by atoms with van der Waals surface area (Å²) in [7, 11) is 0.865. The molecule has 0 unspecified atom stereocenters. The molecule has 0 atom stereocenters. The van der Waals surface area contributed by atoms with Gasteiger partial charge in [0, 0.05) is 0 Å². The highest BCUT2D eigenvalue weighted by Gasteiger charge is 2.23. The topological polar surface area (TPSA) is 9.23 Å². The van der Waals surface area contributed by atoms with Crippen molar-refractivity contribution in [3.63, 3.8) is 0 Å². The highest BCUT2D eigenvalue weighted by molar-refractivity contribution is 7.80. The van der Waals surface area contributed by atoms with E-state index in [4.69, 9.17) is 4.43 Å². The molecule has 0 saturated heterocycles. The molecule has 0 aromatic rings. The summed E-state index contributed by atoms with van der Waals surface area (Å²) in [5.41, 5.74) is 0.204. The van der Waals surface area contributed by atoms with Crippen LogP contribution in [-0.4, -0.2) is 21.8 Å². The minimum Gasteiger partial charge on any atom is -0.422 e. The Balaban J connectivity index is 3.76. The maximum atomic E-state index is 5.70. The van der Waals surface area contributed by atoms with Crippen molar-refractivity contribution in [3.05, 3.63) is 0 Å². The Morgan fingerprint density at radius 3 is 2.17 bits per heavy atom. The first-order valence-corrected chi connectivity index (χ1v) is 6.35. The first-order chi connectivity index (χ1) is 5.74. The lowest BCUT2D eigenvalue weighted by Crippen LogP contribution is -2.30. The van der Waals surface area contributed by atoms with Crippen LogP contribution in [-0.2, 0) is 4.43 Å². The van der Waals surface area contributed by atoms with Gasteiger partial charge in [0.05, 0.1) is 5.60 Å². The van der Waals surface area contributed by atoms with Crippen LogP contribution in [0.5, 0.6) is 0 Å². The molecule has 0 bridgehead atoms. The highest BCUT2D eigenvalue weighted by atomic mass is 32.1. The second-order valence-electron chi connectivity index (χ2n) is 3.27. The third-order valence-corrected chi connectivity index (χ3v) is 3.94. The fourth-order valence-electron chi connectivity index (χ4n) is 1.55. The van der Waals surface area contributed by atoms with Crippen LogP contribution >= 0.6 is 12.6 Å². The molecule has 0 spiro atoms. The molecule has 0 amide bonds. The monoisotopic (exact) mass is 206 g/mol. The average Bonchev–Trinajstić information content (AvgIpc) is 2.14. The van der Waals surface area contributed by atoms with Gasteiger partial charge in [0.25, 0.3) is 0 Å². The Hall–Kier alpha value is 0.527. The minimum absolute atomic E-state index is 0.204. The van der Waals surface area contributed by atoms with Gasteiger partial charge in [-0.15, -0.1) is 0 Å². The van der Waals surface area contributed by atoms with E-state index in [9.17, 15) is 0 Å². The van der Waals surface area contributed by atoms with E-state index in [0.29, 0.717) is 0 Å². The van der Waals surface area contributed by atoms with E-state index in [1.807, 2.05) is 0 Å². The van der Waals surface area contributed by atoms with Gasteiger partial charge >= 0.3 is 0 Å². The van der Waals surface area contributed by atoms with Crippen molar-refractivity contribution in [1.82, 2.24) is 0 Å². The summed E-state index contributed by atoms with van der Waals surface area (Å²) in [6.45, 7) is 4.45. The van der Waals surface area contributed by atoms with Crippen LogP contribution < -0.4 is 0 Å². The lowest BCUT2D eigenvalue weighted by molar-refractivity contribution is 0.0590. The van der Waals surface area contributed by atoms with E-state index in [1.54, 1.807) is 0 Å². The van der Waals surface area contributed by atoms with Gasteiger partial charge in [-0.05, 0) is 37.9 Å². The van der Waals surface area contributed by atoms with Gasteiger partial charge < -0.3 is 4.43 Å². The largest absolute Gasteiger partial charge is 0.422 e. The second-order valence-corrected chi connectivity index (χ2v) is 4.13. The normalized spacial score (nSPS) is 12.2. The van der Waals surface area contributed by atoms with E-state index in [1.165, 1.54) is 19.3 Å². The summed E-state index contributed by atoms with van der Waals surface area (Å²) < 4.78 is 5.70. The highest BCUT2D eigenvalue weighted by Crippen LogP contribution is 2.25. The summed E-state index contributed by atoms with van der Waals surface area (Å²) in [4.78, 5) is 0. The van der Waals surface area contributed by atoms with Gasteiger partial charge in [-0.3, -0.25) is 0 Å². The third-order valence-electron chi connectivity index (χ3n) is 2.76. The third kappa shape index (κ3) is 3.96. The minimum atomic E-state index is 0.204. The molecule has 0 aliphatic rings. The molecule has 0 heterocycles. The fourth-order valence-corrected chi connectivity index (χ4v) is 2.56. The predicted octanol–water partition coefficient (Wildman–Crippen LogP) is 1.94. The Kier molecular flexibility index (Phi) is 7.29. The molecule has 1 nitrogen and oxygen atoms in total. The molecule has 0 aliphatic carbocycles. The molecule has 0 fully saturated rings. The molecular weight excluding hydrogens is 184 g/mol. The summed E-state index contributed by atoms with van der Waals surface area (Å²) in [6, 6.07) is 0. The number of rotatable bonds is 7. The molecule has 0 N–H and O–H groups in total. The quantitative estimate of drug-likeness (QED) is 0.380. The average molecular weight is 206 g/mol. The van der Waals surface area contributed by atoms with Crippen LogP contribution in [0, 0.1) is 0 Å². The molecule has 0 aliphatic heterocycles. The molecule has 0 aromatic heterocycles. The molecule has 12 heavy (non-hydrogen) atoms. The zero-order chi connectivity index (χ0) is 9.45. The van der Waals surface area contributed by atoms with E-state index in [0.717, 1.165) is 29.1 Å². The zero-order valence-corrected chi connectivity index (χ0v) is 11.5. The molecule has 0 aromatic carbocycles. The van der Waals surface area contributed by atoms with Crippen LogP contribution in [0.2, 0.25) is 0 Å². The second kappa shape index (κ2) is 6.98. The van der Waals surface area contributed by atoms with Crippen molar-refractivity contribution in [2.75, 3.05) is 5.75 Å². The van der Waals surface area contributed by atoms with Gasteiger partial charge in [-0.25, -0.2) is 0 Å². The van der Waals surface area contributed by atoms with E-state index in [-0.39, 0.29) is 5.60 Å². The molecule has 0 rings (SSSR count). The molecule has 3 heteroatoms. The number of unbranched alkanes of at least 4 members (excludes halogenated alkanes) is 1. The van der Waals surface area contributed by atoms with E-state index >= 15 is 0 Å². The van der Waals surface area contributed by atoms with E-state index in [2.05, 4.69) is 26.5 Å². The van der Waals surface area contributed by atoms with Gasteiger partial charge in [-0.1, -0.05) is 13.8 Å². The van der Waals surface area contributed by atoms with Crippen molar-refractivity contribution in [1.29, 1.82) is 0 Å². The molecule has 0 saturated carbocycles. The van der Waals surface area contributed by atoms with Crippen molar-refractivity contribution < 1.29 is 4.43 Å². The standard InChI is InChI=1S/C9H22OSSi/c1-3-9(4-2,10-12)7-5-6-8-11/h11H,3-8H2,1-2,12H3. The first kappa shape index (κ1) is 12.5. The van der Waals surface area contributed by atoms with Crippen molar-refractivity contribution in [3.8, 4) is 0 Å². The van der Waals surface area contributed by atoms with Crippen LogP contribution in [0.15, 0.2) is 0 Å². The van der Waals surface area contributed by atoms with Crippen LogP contribution in [0.4, 0.5) is 0 Å². The molecular formula is C9H22OSSi. The predicted molar refractivity (Wildman–Crippen MR) is 62.0 cm³/mol. The van der Waals surface area contributed by atoms with Crippen LogP contribution in [0.25, 0.3) is 0 Å². The number of hydrogen-bond donors (Lipinski definition) is 1. The lowest BCUT2D eigenvalue weighted by atomic mass is 9.91. The van der Waals surface area contributed by atoms with Gasteiger partial charge in [0.1, 0.15) is 10.5 Å². The molecule has 74 valence electrons. The summed E-state index contributed by atoms with van der Waals surface area (Å²) in [5.74, 6) is 1.00. The van der Waals surface area contributed by atoms with Crippen molar-refractivity contribution in [2.45, 2.75) is 51.6 Å². The Bertz CT molecular complexity index is 96.4. The Morgan fingerprint density at radius 1 is 1.25 bits per heavy atom. The maximum absolute atomic E-state index is 5.70. The fraction of sp³-hybridized carbons (Fsp3) is 1.00. The van der Waals surface area contributed by atoms with Gasteiger partial charge in [-0.2, -0.15) is 12.6 Å². The number of hydrogen-bond acceptors (Lipinski definition) is 2. The summed E-state index contributed by atoms with van der Waals surface area (Å²) >= 11 is 4.21. The smallest absolute Gasteiger partial charge is 0.146 e. The number of thiol groups is 1. The Morgan fingerprint density at radius 2 is 1.83 bits per heavy atom. The zero-order valence-electron chi connectivity index (χ0n) is 8.60. The lowest BCUT2D eigenvalue weighted by Gasteiger charge is -2.31. The summed E-state index contributed by atoms with van der Waals surface area (Å²) in [5, 5.41) is 0. The summed E-state index contributed by atoms with van der Waals surface area (Å²) in [6.07, 6.45) is 5.99. The van der Waals surface area contributed by atoms with Crippen molar-refractivity contribution >= 4 is 23.1 Å². The van der Waals surface area contributed by atoms with Gasteiger partial charge in [0.15, 0.2) is 0 Å². The van der Waals surface area contributed by atoms with E-state index < -0.39 is 0 Å². The Labute approximate surface area is 85.2 Å². The first-order valence-electron chi connectivity index (χ1n) is 4.90.